The second-order valence-electron chi connectivity index (χ2n) is 4.75. The molecule has 105 valence electrons. The molecule has 0 spiro atoms. The number of benzene rings is 2. The number of halogens is 1. The van der Waals surface area contributed by atoms with Crippen molar-refractivity contribution in [1.82, 2.24) is 0 Å². The van der Waals surface area contributed by atoms with E-state index < -0.39 is 10.0 Å². The van der Waals surface area contributed by atoms with Crippen molar-refractivity contribution in [3.63, 3.8) is 0 Å². The van der Waals surface area contributed by atoms with Gasteiger partial charge in [0.05, 0.1) is 10.6 Å². The summed E-state index contributed by atoms with van der Waals surface area (Å²) in [6.07, 6.45) is 0. The molecule has 0 aliphatic rings. The highest BCUT2D eigenvalue weighted by molar-refractivity contribution is 7.92. The monoisotopic (exact) mass is 308 g/mol. The Labute approximate surface area is 124 Å². The lowest BCUT2D eigenvalue weighted by Crippen LogP contribution is -2.13. The molecule has 3 nitrogen and oxygen atoms in total. The van der Waals surface area contributed by atoms with E-state index in [0.717, 1.165) is 5.56 Å². The largest absolute Gasteiger partial charge is 0.279 e. The maximum Gasteiger partial charge on any atom is 0.261 e. The minimum Gasteiger partial charge on any atom is -0.279 e. The fourth-order valence-electron chi connectivity index (χ4n) is 1.70. The molecule has 2 aromatic rings. The summed E-state index contributed by atoms with van der Waals surface area (Å²) in [5.74, 6) is 0.365. The fourth-order valence-corrected chi connectivity index (χ4v) is 2.85. The van der Waals surface area contributed by atoms with Gasteiger partial charge in [-0.15, -0.1) is 0 Å². The summed E-state index contributed by atoms with van der Waals surface area (Å²) in [7, 11) is -3.59. The van der Waals surface area contributed by atoms with Crippen molar-refractivity contribution >= 4 is 27.3 Å². The summed E-state index contributed by atoms with van der Waals surface area (Å²) in [6.45, 7) is 4.12. The third-order valence-electron chi connectivity index (χ3n) is 2.88. The van der Waals surface area contributed by atoms with Crippen LogP contribution in [0.25, 0.3) is 0 Å². The van der Waals surface area contributed by atoms with Crippen LogP contribution in [0.3, 0.4) is 0 Å². The van der Waals surface area contributed by atoms with Crippen molar-refractivity contribution < 1.29 is 8.42 Å². The highest BCUT2D eigenvalue weighted by Crippen LogP contribution is 2.20. The van der Waals surface area contributed by atoms with Gasteiger partial charge in [-0.25, -0.2) is 8.42 Å². The van der Waals surface area contributed by atoms with Crippen LogP contribution in [0.2, 0.25) is 5.02 Å². The fraction of sp³-hybridized carbons (Fsp3) is 0.200. The van der Waals surface area contributed by atoms with E-state index in [2.05, 4.69) is 24.6 Å². The van der Waals surface area contributed by atoms with Gasteiger partial charge in [0.25, 0.3) is 10.0 Å². The van der Waals surface area contributed by atoms with Gasteiger partial charge in [-0.3, -0.25) is 4.72 Å². The molecule has 0 aromatic heterocycles. The number of hydrogen-bond donors (Lipinski definition) is 1. The third kappa shape index (κ3) is 3.52. The molecule has 0 amide bonds. The first-order valence-electron chi connectivity index (χ1n) is 6.18. The summed E-state index contributed by atoms with van der Waals surface area (Å²) in [5.41, 5.74) is 1.46. The third-order valence-corrected chi connectivity index (χ3v) is 4.49. The highest BCUT2D eigenvalue weighted by Gasteiger charge is 2.14. The molecule has 0 atom stereocenters. The van der Waals surface area contributed by atoms with E-state index in [1.54, 1.807) is 24.3 Å². The van der Waals surface area contributed by atoms with Crippen molar-refractivity contribution in [3.05, 3.63) is 59.1 Å². The van der Waals surface area contributed by atoms with Crippen molar-refractivity contribution in [2.24, 2.45) is 0 Å². The Balaban J connectivity index is 2.23. The molecule has 20 heavy (non-hydrogen) atoms. The Morgan fingerprint density at radius 3 is 2.25 bits per heavy atom. The van der Waals surface area contributed by atoms with Crippen molar-refractivity contribution in [2.75, 3.05) is 4.72 Å². The first-order valence-corrected chi connectivity index (χ1v) is 8.04. The van der Waals surface area contributed by atoms with Gasteiger partial charge >= 0.3 is 0 Å². The Bertz CT molecular complexity index is 677. The molecular weight excluding hydrogens is 294 g/mol. The van der Waals surface area contributed by atoms with E-state index in [1.165, 1.54) is 6.07 Å². The first-order chi connectivity index (χ1) is 9.38. The molecule has 5 heteroatoms. The van der Waals surface area contributed by atoms with Crippen LogP contribution in [-0.4, -0.2) is 8.42 Å². The summed E-state index contributed by atoms with van der Waals surface area (Å²) < 4.78 is 26.9. The number of anilines is 1. The van der Waals surface area contributed by atoms with Crippen LogP contribution < -0.4 is 4.72 Å². The molecule has 1 N–H and O–H groups in total. The smallest absolute Gasteiger partial charge is 0.261 e. The molecule has 0 fully saturated rings. The molecule has 0 aliphatic heterocycles. The highest BCUT2D eigenvalue weighted by atomic mass is 35.5. The molecule has 0 saturated heterocycles. The van der Waals surface area contributed by atoms with Gasteiger partial charge in [0.2, 0.25) is 0 Å². The van der Waals surface area contributed by atoms with Gasteiger partial charge in [0.15, 0.2) is 0 Å². The van der Waals surface area contributed by atoms with Crippen LogP contribution in [0.1, 0.15) is 25.3 Å². The topological polar surface area (TPSA) is 46.2 Å². The minimum absolute atomic E-state index is 0.227. The van der Waals surface area contributed by atoms with Crippen molar-refractivity contribution in [2.45, 2.75) is 24.7 Å². The van der Waals surface area contributed by atoms with E-state index in [0.29, 0.717) is 16.6 Å². The molecule has 0 bridgehead atoms. The van der Waals surface area contributed by atoms with E-state index in [-0.39, 0.29) is 4.90 Å². The van der Waals surface area contributed by atoms with Crippen LogP contribution in [0, 0.1) is 6.07 Å². The van der Waals surface area contributed by atoms with Gasteiger partial charge in [-0.1, -0.05) is 37.6 Å². The zero-order valence-corrected chi connectivity index (χ0v) is 12.8. The maximum absolute atomic E-state index is 12.2. The summed E-state index contributed by atoms with van der Waals surface area (Å²) in [6, 6.07) is 14.3. The van der Waals surface area contributed by atoms with Gasteiger partial charge in [0.1, 0.15) is 0 Å². The normalized spacial score (nSPS) is 11.6. The van der Waals surface area contributed by atoms with Crippen molar-refractivity contribution in [1.29, 1.82) is 0 Å². The Morgan fingerprint density at radius 1 is 1.10 bits per heavy atom. The second kappa shape index (κ2) is 5.85. The van der Waals surface area contributed by atoms with Crippen LogP contribution in [0.4, 0.5) is 5.69 Å². The molecular formula is C15H15ClNO2S. The predicted molar refractivity (Wildman–Crippen MR) is 81.6 cm³/mol. The average molecular weight is 309 g/mol. The first kappa shape index (κ1) is 14.9. The molecule has 2 aromatic carbocycles. The molecule has 2 rings (SSSR count). The summed E-state index contributed by atoms with van der Waals surface area (Å²) in [4.78, 5) is 0.227. The van der Waals surface area contributed by atoms with E-state index in [4.69, 9.17) is 11.6 Å². The molecule has 0 aliphatic carbocycles. The molecule has 0 heterocycles. The SMILES string of the molecule is CC(C)c1ccc(S(=O)(=O)Nc2[c]cc(Cl)cc2)cc1. The lowest BCUT2D eigenvalue weighted by Gasteiger charge is -2.10. The van der Waals surface area contributed by atoms with Gasteiger partial charge in [-0.05, 0) is 41.8 Å². The minimum atomic E-state index is -3.59. The Kier molecular flexibility index (Phi) is 4.35. The van der Waals surface area contributed by atoms with Crippen LogP contribution in [0.5, 0.6) is 0 Å². The molecule has 0 unspecified atom stereocenters. The number of nitrogens with one attached hydrogen (secondary N) is 1. The average Bonchev–Trinajstić information content (AvgIpc) is 2.41. The maximum atomic E-state index is 12.2. The van der Waals surface area contributed by atoms with E-state index >= 15 is 0 Å². The quantitative estimate of drug-likeness (QED) is 0.925. The lowest BCUT2D eigenvalue weighted by molar-refractivity contribution is 0.601. The number of hydrogen-bond acceptors (Lipinski definition) is 2. The van der Waals surface area contributed by atoms with E-state index in [9.17, 15) is 8.42 Å². The standard InChI is InChI=1S/C15H15ClNO2S/c1-11(2)12-3-9-15(10-4-12)20(18,19)17-14-7-5-13(16)6-8-14/h3-7,9-11,17H,1-2H3. The summed E-state index contributed by atoms with van der Waals surface area (Å²) >= 11 is 5.74. The Hall–Kier alpha value is -1.52. The van der Waals surface area contributed by atoms with Gasteiger partial charge < -0.3 is 0 Å². The molecule has 1 radical (unpaired) electrons. The van der Waals surface area contributed by atoms with Crippen molar-refractivity contribution in [3.8, 4) is 0 Å². The van der Waals surface area contributed by atoms with Crippen LogP contribution in [-0.2, 0) is 10.0 Å². The van der Waals surface area contributed by atoms with Gasteiger partial charge in [-0.2, -0.15) is 0 Å². The zero-order chi connectivity index (χ0) is 14.8. The van der Waals surface area contributed by atoms with Crippen LogP contribution >= 0.6 is 11.6 Å². The number of rotatable bonds is 4. The lowest BCUT2D eigenvalue weighted by atomic mass is 10.0. The number of sulfonamides is 1. The van der Waals surface area contributed by atoms with E-state index in [1.807, 2.05) is 12.1 Å². The molecule has 0 saturated carbocycles. The Morgan fingerprint density at radius 2 is 1.75 bits per heavy atom. The van der Waals surface area contributed by atoms with Crippen LogP contribution in [0.15, 0.2) is 47.4 Å². The summed E-state index contributed by atoms with van der Waals surface area (Å²) in [5, 5.41) is 0.509. The van der Waals surface area contributed by atoms with Gasteiger partial charge in [0, 0.05) is 11.1 Å². The predicted octanol–water partition coefficient (Wildman–Crippen LogP) is 4.06. The second-order valence-corrected chi connectivity index (χ2v) is 6.87. The zero-order valence-electron chi connectivity index (χ0n) is 11.2.